The molecule has 116 valence electrons. The van der Waals surface area contributed by atoms with Gasteiger partial charge in [0, 0.05) is 11.6 Å². The van der Waals surface area contributed by atoms with Crippen LogP contribution in [0.3, 0.4) is 0 Å². The number of ketones is 1. The minimum atomic E-state index is -0.357. The van der Waals surface area contributed by atoms with Gasteiger partial charge in [-0.1, -0.05) is 60.7 Å². The standard InChI is InChI=1S/C20H18O3/c1-2-23-20(22)15-13-17-10-8-16(9-11-17)12-14-19(21)18-6-4-3-5-7-18/h3-15H,2H2,1H3. The molecule has 0 aromatic heterocycles. The van der Waals surface area contributed by atoms with Crippen LogP contribution in [0.25, 0.3) is 12.2 Å². The van der Waals surface area contributed by atoms with Crippen LogP contribution in [-0.4, -0.2) is 18.4 Å². The number of allylic oxidation sites excluding steroid dienone is 1. The largest absolute Gasteiger partial charge is 0.463 e. The molecule has 0 unspecified atom stereocenters. The Labute approximate surface area is 135 Å². The molecule has 0 N–H and O–H groups in total. The minimum Gasteiger partial charge on any atom is -0.463 e. The van der Waals surface area contributed by atoms with Gasteiger partial charge in [0.1, 0.15) is 0 Å². The molecule has 23 heavy (non-hydrogen) atoms. The molecule has 0 amide bonds. The van der Waals surface area contributed by atoms with Gasteiger partial charge in [0.15, 0.2) is 5.78 Å². The second-order valence-corrected chi connectivity index (χ2v) is 4.82. The zero-order valence-electron chi connectivity index (χ0n) is 12.9. The van der Waals surface area contributed by atoms with Gasteiger partial charge in [0.25, 0.3) is 0 Å². The number of hydrogen-bond donors (Lipinski definition) is 0. The molecule has 0 spiro atoms. The van der Waals surface area contributed by atoms with E-state index in [1.54, 1.807) is 37.3 Å². The predicted octanol–water partition coefficient (Wildman–Crippen LogP) is 4.16. The average Bonchev–Trinajstić information content (AvgIpc) is 2.60. The monoisotopic (exact) mass is 306 g/mol. The molecule has 0 aliphatic carbocycles. The molecule has 0 bridgehead atoms. The van der Waals surface area contributed by atoms with Gasteiger partial charge < -0.3 is 4.74 Å². The average molecular weight is 306 g/mol. The second kappa shape index (κ2) is 8.49. The Morgan fingerprint density at radius 2 is 1.43 bits per heavy atom. The minimum absolute atomic E-state index is 0.0307. The summed E-state index contributed by atoms with van der Waals surface area (Å²) in [5.41, 5.74) is 2.48. The molecule has 0 saturated heterocycles. The van der Waals surface area contributed by atoms with Crippen molar-refractivity contribution in [3.63, 3.8) is 0 Å². The first-order chi connectivity index (χ1) is 11.2. The molecule has 0 aliphatic heterocycles. The van der Waals surface area contributed by atoms with E-state index in [2.05, 4.69) is 0 Å². The molecular formula is C20H18O3. The van der Waals surface area contributed by atoms with Crippen LogP contribution in [0.1, 0.15) is 28.4 Å². The van der Waals surface area contributed by atoms with E-state index in [1.807, 2.05) is 42.5 Å². The lowest BCUT2D eigenvalue weighted by molar-refractivity contribution is -0.137. The van der Waals surface area contributed by atoms with Crippen molar-refractivity contribution in [2.45, 2.75) is 6.92 Å². The fourth-order valence-electron chi connectivity index (χ4n) is 1.94. The first-order valence-corrected chi connectivity index (χ1v) is 7.41. The molecule has 2 aromatic carbocycles. The zero-order chi connectivity index (χ0) is 16.5. The van der Waals surface area contributed by atoms with E-state index in [1.165, 1.54) is 6.08 Å². The van der Waals surface area contributed by atoms with Crippen LogP contribution in [0.5, 0.6) is 0 Å². The van der Waals surface area contributed by atoms with Crippen LogP contribution in [-0.2, 0) is 9.53 Å². The number of hydrogen-bond acceptors (Lipinski definition) is 3. The maximum atomic E-state index is 12.0. The van der Waals surface area contributed by atoms with Crippen molar-refractivity contribution in [3.8, 4) is 0 Å². The van der Waals surface area contributed by atoms with Gasteiger partial charge >= 0.3 is 5.97 Å². The molecule has 2 aromatic rings. The summed E-state index contributed by atoms with van der Waals surface area (Å²) in [6.45, 7) is 2.13. The SMILES string of the molecule is CCOC(=O)C=Cc1ccc(C=CC(=O)c2ccccc2)cc1. The van der Waals surface area contributed by atoms with E-state index in [-0.39, 0.29) is 11.8 Å². The summed E-state index contributed by atoms with van der Waals surface area (Å²) in [6, 6.07) is 16.7. The Morgan fingerprint density at radius 3 is 2.00 bits per heavy atom. The maximum Gasteiger partial charge on any atom is 0.330 e. The normalized spacial score (nSPS) is 11.0. The van der Waals surface area contributed by atoms with Gasteiger partial charge in [-0.25, -0.2) is 4.79 Å². The quantitative estimate of drug-likeness (QED) is 0.457. The fourth-order valence-corrected chi connectivity index (χ4v) is 1.94. The number of carbonyl (C=O) groups is 2. The highest BCUT2D eigenvalue weighted by Crippen LogP contribution is 2.09. The Kier molecular flexibility index (Phi) is 6.07. The summed E-state index contributed by atoms with van der Waals surface area (Å²) in [7, 11) is 0. The number of benzene rings is 2. The molecule has 0 saturated carbocycles. The molecule has 3 heteroatoms. The summed E-state index contributed by atoms with van der Waals surface area (Å²) in [5.74, 6) is -0.387. The molecule has 0 radical (unpaired) electrons. The van der Waals surface area contributed by atoms with Gasteiger partial charge in [-0.15, -0.1) is 0 Å². The second-order valence-electron chi connectivity index (χ2n) is 4.82. The lowest BCUT2D eigenvalue weighted by Gasteiger charge is -1.98. The molecule has 0 aliphatic rings. The Bertz CT molecular complexity index is 710. The molecule has 0 heterocycles. The summed E-state index contributed by atoms with van der Waals surface area (Å²) < 4.78 is 4.82. The van der Waals surface area contributed by atoms with Crippen molar-refractivity contribution in [1.82, 2.24) is 0 Å². The van der Waals surface area contributed by atoms with E-state index in [0.717, 1.165) is 11.1 Å². The first kappa shape index (κ1) is 16.4. The Morgan fingerprint density at radius 1 is 0.870 bits per heavy atom. The van der Waals surface area contributed by atoms with Crippen molar-refractivity contribution in [2.24, 2.45) is 0 Å². The predicted molar refractivity (Wildman–Crippen MR) is 91.9 cm³/mol. The van der Waals surface area contributed by atoms with Crippen LogP contribution in [0.2, 0.25) is 0 Å². The van der Waals surface area contributed by atoms with Gasteiger partial charge in [-0.05, 0) is 30.2 Å². The van der Waals surface area contributed by atoms with Crippen molar-refractivity contribution >= 4 is 23.9 Å². The van der Waals surface area contributed by atoms with Crippen LogP contribution < -0.4 is 0 Å². The summed E-state index contributed by atoms with van der Waals surface area (Å²) in [5, 5.41) is 0. The molecule has 3 nitrogen and oxygen atoms in total. The summed E-state index contributed by atoms with van der Waals surface area (Å²) in [4.78, 5) is 23.2. The van der Waals surface area contributed by atoms with Crippen molar-refractivity contribution in [1.29, 1.82) is 0 Å². The summed E-state index contributed by atoms with van der Waals surface area (Å²) >= 11 is 0. The highest BCUT2D eigenvalue weighted by Gasteiger charge is 1.99. The third-order valence-corrected chi connectivity index (χ3v) is 3.12. The zero-order valence-corrected chi connectivity index (χ0v) is 12.9. The van der Waals surface area contributed by atoms with Gasteiger partial charge in [-0.3, -0.25) is 4.79 Å². The third kappa shape index (κ3) is 5.40. The van der Waals surface area contributed by atoms with E-state index >= 15 is 0 Å². The van der Waals surface area contributed by atoms with Crippen molar-refractivity contribution in [3.05, 3.63) is 83.4 Å². The highest BCUT2D eigenvalue weighted by molar-refractivity contribution is 6.06. The number of carbonyl (C=O) groups excluding carboxylic acids is 2. The van der Waals surface area contributed by atoms with E-state index < -0.39 is 0 Å². The van der Waals surface area contributed by atoms with Gasteiger partial charge in [0.2, 0.25) is 0 Å². The number of esters is 1. The van der Waals surface area contributed by atoms with E-state index in [9.17, 15) is 9.59 Å². The van der Waals surface area contributed by atoms with E-state index in [4.69, 9.17) is 4.74 Å². The van der Waals surface area contributed by atoms with Crippen LogP contribution in [0.15, 0.2) is 66.7 Å². The topological polar surface area (TPSA) is 43.4 Å². The van der Waals surface area contributed by atoms with Crippen molar-refractivity contribution < 1.29 is 14.3 Å². The molecule has 0 fully saturated rings. The Balaban J connectivity index is 1.98. The Hall–Kier alpha value is -2.94. The lowest BCUT2D eigenvalue weighted by Crippen LogP contribution is -1.98. The first-order valence-electron chi connectivity index (χ1n) is 7.41. The number of rotatable bonds is 6. The van der Waals surface area contributed by atoms with Gasteiger partial charge in [0.05, 0.1) is 6.61 Å². The fraction of sp³-hybridized carbons (Fsp3) is 0.100. The van der Waals surface area contributed by atoms with Gasteiger partial charge in [-0.2, -0.15) is 0 Å². The lowest BCUT2D eigenvalue weighted by atomic mass is 10.1. The maximum absolute atomic E-state index is 12.0. The van der Waals surface area contributed by atoms with Crippen LogP contribution in [0, 0.1) is 0 Å². The molecule has 2 rings (SSSR count). The summed E-state index contributed by atoms with van der Waals surface area (Å²) in [6.07, 6.45) is 6.42. The number of ether oxygens (including phenoxy) is 1. The van der Waals surface area contributed by atoms with Crippen LogP contribution >= 0.6 is 0 Å². The van der Waals surface area contributed by atoms with Crippen LogP contribution in [0.4, 0.5) is 0 Å². The smallest absolute Gasteiger partial charge is 0.330 e. The third-order valence-electron chi connectivity index (χ3n) is 3.12. The highest BCUT2D eigenvalue weighted by atomic mass is 16.5. The van der Waals surface area contributed by atoms with Crippen molar-refractivity contribution in [2.75, 3.05) is 6.61 Å². The van der Waals surface area contributed by atoms with E-state index in [0.29, 0.717) is 12.2 Å². The molecule has 0 atom stereocenters. The molecular weight excluding hydrogens is 288 g/mol.